The number of hydrogen-bond donors (Lipinski definition) is 1. The Labute approximate surface area is 97.6 Å². The lowest BCUT2D eigenvalue weighted by Gasteiger charge is -2.54. The van der Waals surface area contributed by atoms with Gasteiger partial charge in [0.25, 0.3) is 0 Å². The third-order valence-electron chi connectivity index (χ3n) is 4.60. The molecule has 4 aliphatic rings. The molecule has 0 aromatic rings. The predicted octanol–water partition coefficient (Wildman–Crippen LogP) is 2.37. The maximum atomic E-state index is 11.1. The summed E-state index contributed by atoms with van der Waals surface area (Å²) in [6, 6.07) is 0.528. The van der Waals surface area contributed by atoms with Crippen molar-refractivity contribution < 1.29 is 4.79 Å². The Morgan fingerprint density at radius 3 is 1.87 bits per heavy atom. The summed E-state index contributed by atoms with van der Waals surface area (Å²) in [4.78, 5) is 11.1. The molecule has 0 saturated heterocycles. The summed E-state index contributed by atoms with van der Waals surface area (Å²) in [5.74, 6) is 3.80. The Morgan fingerprint density at radius 1 is 1.00 bits per heavy atom. The molecule has 0 spiro atoms. The van der Waals surface area contributed by atoms with Gasteiger partial charge in [0, 0.05) is 13.0 Å². The Kier molecular flexibility index (Phi) is 2.98. The van der Waals surface area contributed by atoms with E-state index in [9.17, 15) is 4.79 Å². The predicted molar refractivity (Wildman–Crippen MR) is 61.9 cm³/mol. The van der Waals surface area contributed by atoms with Crippen molar-refractivity contribution in [1.29, 1.82) is 0 Å². The van der Waals surface area contributed by atoms with Crippen LogP contribution in [-0.4, -0.2) is 11.9 Å². The van der Waals surface area contributed by atoms with Gasteiger partial charge in [-0.1, -0.05) is 0 Å². The number of halogens is 1. The largest absolute Gasteiger partial charge is 0.353 e. The molecule has 1 amide bonds. The fourth-order valence-electron chi connectivity index (χ4n) is 4.40. The minimum Gasteiger partial charge on any atom is -0.353 e. The van der Waals surface area contributed by atoms with Gasteiger partial charge in [0.2, 0.25) is 5.91 Å². The highest BCUT2D eigenvalue weighted by atomic mass is 35.5. The molecule has 0 radical (unpaired) electrons. The van der Waals surface area contributed by atoms with E-state index >= 15 is 0 Å². The van der Waals surface area contributed by atoms with Gasteiger partial charge in [-0.25, -0.2) is 0 Å². The van der Waals surface area contributed by atoms with Gasteiger partial charge in [0.1, 0.15) is 0 Å². The summed E-state index contributed by atoms with van der Waals surface area (Å²) in [5.41, 5.74) is 0. The van der Waals surface area contributed by atoms with Crippen LogP contribution < -0.4 is 5.32 Å². The number of carbonyl (C=O) groups is 1. The molecule has 0 heterocycles. The first-order chi connectivity index (χ1) is 6.72. The van der Waals surface area contributed by atoms with Gasteiger partial charge >= 0.3 is 0 Å². The molecular weight excluding hydrogens is 210 g/mol. The Hall–Kier alpha value is -0.240. The second-order valence-corrected chi connectivity index (χ2v) is 5.66. The van der Waals surface area contributed by atoms with E-state index in [0.717, 1.165) is 23.7 Å². The van der Waals surface area contributed by atoms with Crippen LogP contribution in [0.2, 0.25) is 0 Å². The zero-order valence-electron chi connectivity index (χ0n) is 9.24. The van der Waals surface area contributed by atoms with Crippen molar-refractivity contribution in [1.82, 2.24) is 5.32 Å². The molecule has 0 atom stereocenters. The van der Waals surface area contributed by atoms with Gasteiger partial charge in [-0.15, -0.1) is 12.4 Å². The quantitative estimate of drug-likeness (QED) is 0.735. The lowest BCUT2D eigenvalue weighted by Crippen LogP contribution is -2.55. The highest BCUT2D eigenvalue weighted by molar-refractivity contribution is 5.85. The van der Waals surface area contributed by atoms with E-state index in [4.69, 9.17) is 0 Å². The second kappa shape index (κ2) is 3.97. The van der Waals surface area contributed by atoms with Crippen molar-refractivity contribution in [3.05, 3.63) is 0 Å². The minimum atomic E-state index is 0. The standard InChI is InChI=1S/C12H19NO.ClH/c1-7(14)13-12-10-3-8-2-9(5-10)6-11(12)4-8;/h8-12H,2-6H2,1H3,(H,13,14);1H. The molecule has 0 aromatic carbocycles. The summed E-state index contributed by atoms with van der Waals surface area (Å²) in [5, 5.41) is 3.19. The van der Waals surface area contributed by atoms with E-state index < -0.39 is 0 Å². The Balaban J connectivity index is 0.000000853. The molecule has 1 N–H and O–H groups in total. The molecule has 4 fully saturated rings. The normalized spacial score (nSPS) is 46.1. The van der Waals surface area contributed by atoms with Gasteiger partial charge in [-0.05, 0) is 55.8 Å². The first kappa shape index (κ1) is 11.3. The fraction of sp³-hybridized carbons (Fsp3) is 0.917. The fourth-order valence-corrected chi connectivity index (χ4v) is 4.40. The molecule has 4 bridgehead atoms. The van der Waals surface area contributed by atoms with Crippen LogP contribution in [0.15, 0.2) is 0 Å². The van der Waals surface area contributed by atoms with Crippen LogP contribution in [-0.2, 0) is 4.79 Å². The number of nitrogens with one attached hydrogen (secondary N) is 1. The summed E-state index contributed by atoms with van der Waals surface area (Å²) in [7, 11) is 0. The van der Waals surface area contributed by atoms with Crippen molar-refractivity contribution in [3.8, 4) is 0 Å². The SMILES string of the molecule is CC(=O)NC1C2CC3CC(C2)CC1C3.Cl. The van der Waals surface area contributed by atoms with Crippen LogP contribution in [0.25, 0.3) is 0 Å². The van der Waals surface area contributed by atoms with Crippen LogP contribution in [0.1, 0.15) is 39.0 Å². The molecule has 2 nitrogen and oxygen atoms in total. The van der Waals surface area contributed by atoms with E-state index in [1.54, 1.807) is 6.92 Å². The van der Waals surface area contributed by atoms with Crippen molar-refractivity contribution >= 4 is 18.3 Å². The van der Waals surface area contributed by atoms with Crippen LogP contribution >= 0.6 is 12.4 Å². The van der Waals surface area contributed by atoms with Crippen molar-refractivity contribution in [2.75, 3.05) is 0 Å². The molecule has 0 aliphatic heterocycles. The van der Waals surface area contributed by atoms with Gasteiger partial charge in [0.15, 0.2) is 0 Å². The van der Waals surface area contributed by atoms with Crippen molar-refractivity contribution in [2.45, 2.75) is 45.1 Å². The molecule has 3 heteroatoms. The monoisotopic (exact) mass is 229 g/mol. The molecule has 4 saturated carbocycles. The third-order valence-corrected chi connectivity index (χ3v) is 4.60. The molecular formula is C12H20ClNO. The topological polar surface area (TPSA) is 29.1 Å². The lowest BCUT2D eigenvalue weighted by molar-refractivity contribution is -0.122. The second-order valence-electron chi connectivity index (χ2n) is 5.66. The highest BCUT2D eigenvalue weighted by Crippen LogP contribution is 2.53. The molecule has 0 aromatic heterocycles. The highest BCUT2D eigenvalue weighted by Gasteiger charge is 2.48. The molecule has 4 rings (SSSR count). The van der Waals surface area contributed by atoms with E-state index in [1.807, 2.05) is 0 Å². The number of rotatable bonds is 1. The molecule has 0 unspecified atom stereocenters. The van der Waals surface area contributed by atoms with Gasteiger partial charge in [-0.2, -0.15) is 0 Å². The van der Waals surface area contributed by atoms with Crippen LogP contribution in [0.4, 0.5) is 0 Å². The lowest BCUT2D eigenvalue weighted by atomic mass is 9.54. The van der Waals surface area contributed by atoms with E-state index in [1.165, 1.54) is 32.1 Å². The number of hydrogen-bond acceptors (Lipinski definition) is 1. The van der Waals surface area contributed by atoms with Crippen LogP contribution in [0.3, 0.4) is 0 Å². The van der Waals surface area contributed by atoms with E-state index in [2.05, 4.69) is 5.32 Å². The molecule has 15 heavy (non-hydrogen) atoms. The Morgan fingerprint density at radius 2 is 1.47 bits per heavy atom. The minimum absolute atomic E-state index is 0. The maximum Gasteiger partial charge on any atom is 0.217 e. The maximum absolute atomic E-state index is 11.1. The summed E-state index contributed by atoms with van der Waals surface area (Å²) < 4.78 is 0. The Bertz CT molecular complexity index is 238. The van der Waals surface area contributed by atoms with Gasteiger partial charge < -0.3 is 5.32 Å². The number of carbonyl (C=O) groups excluding carboxylic acids is 1. The summed E-state index contributed by atoms with van der Waals surface area (Å²) in [6.45, 7) is 1.66. The molecule has 4 aliphatic carbocycles. The molecule has 86 valence electrons. The third kappa shape index (κ3) is 1.89. The van der Waals surface area contributed by atoms with Crippen LogP contribution in [0, 0.1) is 23.7 Å². The zero-order valence-corrected chi connectivity index (χ0v) is 10.1. The zero-order chi connectivity index (χ0) is 9.71. The number of amides is 1. The smallest absolute Gasteiger partial charge is 0.217 e. The average molecular weight is 230 g/mol. The first-order valence-corrected chi connectivity index (χ1v) is 5.99. The van der Waals surface area contributed by atoms with Crippen LogP contribution in [0.5, 0.6) is 0 Å². The summed E-state index contributed by atoms with van der Waals surface area (Å²) in [6.07, 6.45) is 7.03. The summed E-state index contributed by atoms with van der Waals surface area (Å²) >= 11 is 0. The van der Waals surface area contributed by atoms with Crippen molar-refractivity contribution in [3.63, 3.8) is 0 Å². The van der Waals surface area contributed by atoms with Crippen molar-refractivity contribution in [2.24, 2.45) is 23.7 Å². The average Bonchev–Trinajstić information content (AvgIpc) is 2.09. The van der Waals surface area contributed by atoms with E-state index in [0.29, 0.717) is 6.04 Å². The van der Waals surface area contributed by atoms with Gasteiger partial charge in [-0.3, -0.25) is 4.79 Å². The van der Waals surface area contributed by atoms with Gasteiger partial charge in [0.05, 0.1) is 0 Å². The van der Waals surface area contributed by atoms with E-state index in [-0.39, 0.29) is 18.3 Å². The first-order valence-electron chi connectivity index (χ1n) is 5.99.